The molecule has 1 saturated heterocycles. The summed E-state index contributed by atoms with van der Waals surface area (Å²) >= 11 is 0.199. The Morgan fingerprint density at radius 1 is 1.06 bits per heavy atom. The van der Waals surface area contributed by atoms with Gasteiger partial charge in [0.25, 0.3) is 0 Å². The van der Waals surface area contributed by atoms with Crippen LogP contribution in [0.2, 0.25) is 0 Å². The minimum Gasteiger partial charge on any atom is -0.384 e. The Morgan fingerprint density at radius 3 is 2.43 bits per heavy atom. The SMILES string of the molecule is [2H]C1=C(SC([2H])([2H])c2cccc(F)c2F)N(CC(=O)N(Cc2ccc(-c3ccc(C(F)(F)F)cc3)cc2)C2CCN(CCOC([2H])([2H])[2H])CC2)c2c([2H])c([2H])c(C)c([2H])c2C1O. The second-order valence-electron chi connectivity index (χ2n) is 12.7. The molecule has 2 aliphatic heterocycles. The van der Waals surface area contributed by atoms with Gasteiger partial charge in [-0.3, -0.25) is 4.79 Å². The van der Waals surface area contributed by atoms with Crippen LogP contribution in [0.25, 0.3) is 11.1 Å². The van der Waals surface area contributed by atoms with E-state index < -0.39 is 89.4 Å². The number of likely N-dealkylation sites (tertiary alicyclic amines) is 1. The summed E-state index contributed by atoms with van der Waals surface area (Å²) in [5, 5.41) is 11.0. The maximum absolute atomic E-state index is 15.1. The monoisotopic (exact) mass is 760 g/mol. The summed E-state index contributed by atoms with van der Waals surface area (Å²) in [6.45, 7) is 1.77. The van der Waals surface area contributed by atoms with E-state index in [4.69, 9.17) is 17.1 Å². The second kappa shape index (κ2) is 16.8. The number of rotatable bonds is 12. The van der Waals surface area contributed by atoms with Crippen molar-refractivity contribution in [2.24, 2.45) is 0 Å². The van der Waals surface area contributed by atoms with E-state index in [2.05, 4.69) is 0 Å². The number of anilines is 1. The number of hydrogen-bond acceptors (Lipinski definition) is 6. The van der Waals surface area contributed by atoms with E-state index in [1.54, 1.807) is 29.2 Å². The molecule has 4 aromatic carbocycles. The number of nitrogens with zero attached hydrogens (tertiary/aromatic N) is 3. The van der Waals surface area contributed by atoms with Gasteiger partial charge in [0.05, 0.1) is 26.8 Å². The number of methoxy groups -OCH3 is 1. The van der Waals surface area contributed by atoms with Crippen molar-refractivity contribution in [2.45, 2.75) is 50.3 Å². The molecule has 1 fully saturated rings. The van der Waals surface area contributed by atoms with Gasteiger partial charge >= 0.3 is 6.18 Å². The van der Waals surface area contributed by atoms with Crippen LogP contribution in [-0.4, -0.2) is 66.7 Å². The van der Waals surface area contributed by atoms with Gasteiger partial charge in [-0.05, 0) is 66.7 Å². The zero-order chi connectivity index (χ0) is 45.5. The Morgan fingerprint density at radius 2 is 1.75 bits per heavy atom. The van der Waals surface area contributed by atoms with Gasteiger partial charge in [0.1, 0.15) is 12.6 Å². The van der Waals surface area contributed by atoms with Crippen molar-refractivity contribution in [3.8, 4) is 11.1 Å². The zero-order valence-electron chi connectivity index (χ0n) is 37.6. The molecule has 0 saturated carbocycles. The topological polar surface area (TPSA) is 56.3 Å². The molecular formula is C41H42F5N3O3S. The van der Waals surface area contributed by atoms with E-state index in [0.29, 0.717) is 49.2 Å². The number of carbonyl (C=O) groups is 1. The number of amides is 1. The highest BCUT2D eigenvalue weighted by molar-refractivity contribution is 8.02. The van der Waals surface area contributed by atoms with Gasteiger partial charge in [0.2, 0.25) is 5.91 Å². The summed E-state index contributed by atoms with van der Waals surface area (Å²) in [5.74, 6) is -3.46. The molecule has 1 atom stereocenters. The molecule has 0 spiro atoms. The number of thioether (sulfide) groups is 1. The number of benzene rings is 4. The maximum atomic E-state index is 15.1. The van der Waals surface area contributed by atoms with E-state index in [1.165, 1.54) is 19.1 Å². The molecule has 1 unspecified atom stereocenters. The smallest absolute Gasteiger partial charge is 0.384 e. The van der Waals surface area contributed by atoms with Crippen molar-refractivity contribution >= 4 is 23.4 Å². The number of hydrogen-bond donors (Lipinski definition) is 1. The number of piperidine rings is 1. The molecule has 0 radical (unpaired) electrons. The van der Waals surface area contributed by atoms with Gasteiger partial charge in [-0.1, -0.05) is 66.2 Å². The Labute approximate surface area is 323 Å². The van der Waals surface area contributed by atoms with Crippen LogP contribution in [0.3, 0.4) is 0 Å². The van der Waals surface area contributed by atoms with E-state index in [9.17, 15) is 27.5 Å². The maximum Gasteiger partial charge on any atom is 0.416 e. The van der Waals surface area contributed by atoms with Gasteiger partial charge in [0.15, 0.2) is 11.6 Å². The van der Waals surface area contributed by atoms with Crippen LogP contribution in [0.4, 0.5) is 27.6 Å². The van der Waals surface area contributed by atoms with Gasteiger partial charge in [-0.2, -0.15) is 13.2 Å². The molecule has 12 heteroatoms. The molecule has 280 valence electrons. The van der Waals surface area contributed by atoms with Gasteiger partial charge in [-0.15, -0.1) is 11.8 Å². The number of fused-ring (bicyclic) bond motifs is 1. The Balaban J connectivity index is 1.36. The first kappa shape index (κ1) is 28.2. The van der Waals surface area contributed by atoms with Gasteiger partial charge < -0.3 is 24.5 Å². The van der Waals surface area contributed by atoms with Gasteiger partial charge in [-0.25, -0.2) is 8.78 Å². The van der Waals surface area contributed by atoms with Crippen LogP contribution in [0, 0.1) is 18.6 Å². The van der Waals surface area contributed by atoms with Crippen molar-refractivity contribution in [3.63, 3.8) is 0 Å². The quantitative estimate of drug-likeness (QED) is 0.146. The standard InChI is InChI=1S/C41H42F5N3O3S/c1-27-6-15-36-34(22-27)37(50)23-39(53-26-31-4-3-5-35(42)40(31)43)49(36)25-38(51)48(33-16-18-47(19-17-33)20-21-52-2)24-28-7-9-29(10-8-28)30-11-13-32(14-12-30)41(44,45)46/h3-15,22-23,33,37,50H,16-21,24-26H2,1-2H3/i2D3,6D,15D,22D,23D,26D2. The van der Waals surface area contributed by atoms with Crippen LogP contribution in [0.5, 0.6) is 0 Å². The predicted molar refractivity (Wildman–Crippen MR) is 198 cm³/mol. The highest BCUT2D eigenvalue weighted by Gasteiger charge is 2.33. The fourth-order valence-electron chi connectivity index (χ4n) is 6.34. The second-order valence-corrected chi connectivity index (χ2v) is 13.5. The van der Waals surface area contributed by atoms with Crippen LogP contribution < -0.4 is 4.90 Å². The van der Waals surface area contributed by atoms with Crippen LogP contribution >= 0.6 is 11.8 Å². The average molecular weight is 761 g/mol. The summed E-state index contributed by atoms with van der Waals surface area (Å²) < 4.78 is 149. The lowest BCUT2D eigenvalue weighted by Gasteiger charge is -2.40. The first-order valence-corrected chi connectivity index (χ1v) is 17.6. The highest BCUT2D eigenvalue weighted by Crippen LogP contribution is 2.41. The fraction of sp³-hybridized carbons (Fsp3) is 0.341. The molecule has 1 amide bonds. The van der Waals surface area contributed by atoms with Crippen molar-refractivity contribution in [1.29, 1.82) is 0 Å². The molecular weight excluding hydrogens is 710 g/mol. The molecule has 6 nitrogen and oxygen atoms in total. The highest BCUT2D eigenvalue weighted by atomic mass is 32.2. The molecule has 0 aliphatic carbocycles. The van der Waals surface area contributed by atoms with Crippen molar-refractivity contribution in [1.82, 2.24) is 9.80 Å². The molecule has 0 bridgehead atoms. The lowest BCUT2D eigenvalue weighted by molar-refractivity contribution is -0.137. The van der Waals surface area contributed by atoms with Crippen LogP contribution in [0.1, 0.15) is 59.1 Å². The summed E-state index contributed by atoms with van der Waals surface area (Å²) in [7, 11) is -2.57. The third kappa shape index (κ3) is 9.29. The third-order valence-corrected chi connectivity index (χ3v) is 10.0. The summed E-state index contributed by atoms with van der Waals surface area (Å²) in [6.07, 6.45) is -5.62. The minimum absolute atomic E-state index is 0.0116. The van der Waals surface area contributed by atoms with E-state index in [0.717, 1.165) is 35.2 Å². The van der Waals surface area contributed by atoms with E-state index >= 15 is 4.39 Å². The number of carbonyl (C=O) groups excluding carboxylic acids is 1. The minimum atomic E-state index is -4.51. The molecule has 4 aromatic rings. The molecule has 6 rings (SSSR count). The molecule has 53 heavy (non-hydrogen) atoms. The zero-order valence-corrected chi connectivity index (χ0v) is 29.4. The van der Waals surface area contributed by atoms with Gasteiger partial charge in [0, 0.05) is 64.5 Å². The third-order valence-electron chi connectivity index (χ3n) is 9.18. The first-order valence-electron chi connectivity index (χ1n) is 21.3. The molecule has 2 aliphatic rings. The molecule has 0 aromatic heterocycles. The number of halogens is 5. The normalized spacial score (nSPS) is 19.9. The van der Waals surface area contributed by atoms with Crippen LogP contribution in [0.15, 0.2) is 95.9 Å². The largest absolute Gasteiger partial charge is 0.416 e. The summed E-state index contributed by atoms with van der Waals surface area (Å²) in [4.78, 5) is 19.5. The van der Waals surface area contributed by atoms with Crippen molar-refractivity contribution < 1.29 is 48.9 Å². The Kier molecular flexibility index (Phi) is 8.98. The van der Waals surface area contributed by atoms with Crippen molar-refractivity contribution in [3.05, 3.63) is 135 Å². The number of aliphatic hydroxyl groups excluding tert-OH is 1. The summed E-state index contributed by atoms with van der Waals surface area (Å²) in [6, 6.07) is 11.9. The lowest BCUT2D eigenvalue weighted by atomic mass is 9.99. The molecule has 1 N–H and O–H groups in total. The summed E-state index contributed by atoms with van der Waals surface area (Å²) in [5.41, 5.74) is -3.18. The number of alkyl halides is 3. The fourth-order valence-corrected chi connectivity index (χ4v) is 7.14. The Bertz CT molecular complexity index is 2330. The van der Waals surface area contributed by atoms with E-state index in [1.807, 2.05) is 4.90 Å². The van der Waals surface area contributed by atoms with Crippen LogP contribution in [-0.2, 0) is 28.0 Å². The van der Waals surface area contributed by atoms with Crippen molar-refractivity contribution in [2.75, 3.05) is 44.7 Å². The number of ether oxygens (including phenoxy) is 1. The number of aliphatic hydroxyl groups is 1. The Hall–Kier alpha value is -4.23. The predicted octanol–water partition coefficient (Wildman–Crippen LogP) is 8.73. The lowest BCUT2D eigenvalue weighted by Crippen LogP contribution is -2.50. The van der Waals surface area contributed by atoms with E-state index in [-0.39, 0.29) is 47.8 Å². The average Bonchev–Trinajstić information content (AvgIpc) is 3.21. The molecule has 2 heterocycles. The first-order chi connectivity index (χ1) is 29.0.